The van der Waals surface area contributed by atoms with Crippen LogP contribution in [0.3, 0.4) is 0 Å². The lowest BCUT2D eigenvalue weighted by Crippen LogP contribution is -2.40. The molecule has 5 nitrogen and oxygen atoms in total. The molecule has 1 amide bonds. The minimum Gasteiger partial charge on any atom is -0.348 e. The normalized spacial score (nSPS) is 14.7. The van der Waals surface area contributed by atoms with Gasteiger partial charge in [0.15, 0.2) is 0 Å². The molecule has 0 bridgehead atoms. The fraction of sp³-hybridized carbons (Fsp3) is 0.611. The maximum atomic E-state index is 12.2. The second-order valence-corrected chi connectivity index (χ2v) is 8.87. The molecular formula is C18H30N2O3S. The number of nitrogens with zero attached hydrogens (tertiary/aromatic N) is 1. The van der Waals surface area contributed by atoms with E-state index in [-0.39, 0.29) is 24.4 Å². The van der Waals surface area contributed by atoms with Crippen LogP contribution in [0.1, 0.15) is 57.2 Å². The van der Waals surface area contributed by atoms with E-state index in [1.165, 1.54) is 12.6 Å². The monoisotopic (exact) mass is 354 g/mol. The number of carbonyl (C=O) groups is 1. The van der Waals surface area contributed by atoms with E-state index in [0.717, 1.165) is 22.5 Å². The molecule has 0 aliphatic carbocycles. The summed E-state index contributed by atoms with van der Waals surface area (Å²) in [7, 11) is -1.96. The maximum absolute atomic E-state index is 12.2. The predicted molar refractivity (Wildman–Crippen MR) is 98.3 cm³/mol. The van der Waals surface area contributed by atoms with E-state index in [1.807, 2.05) is 26.0 Å². The molecule has 0 spiro atoms. The molecule has 2 unspecified atom stereocenters. The van der Waals surface area contributed by atoms with Crippen molar-refractivity contribution in [3.63, 3.8) is 0 Å². The Kier molecular flexibility index (Phi) is 7.42. The Labute approximate surface area is 146 Å². The third-order valence-corrected chi connectivity index (χ3v) is 5.65. The van der Waals surface area contributed by atoms with Gasteiger partial charge in [0.1, 0.15) is 0 Å². The highest BCUT2D eigenvalue weighted by Crippen LogP contribution is 2.25. The summed E-state index contributed by atoms with van der Waals surface area (Å²) < 4.78 is 23.9. The van der Waals surface area contributed by atoms with Crippen LogP contribution in [0.25, 0.3) is 0 Å². The summed E-state index contributed by atoms with van der Waals surface area (Å²) in [5, 5.41) is 2.95. The van der Waals surface area contributed by atoms with Crippen LogP contribution in [-0.2, 0) is 14.8 Å². The second kappa shape index (κ2) is 8.62. The van der Waals surface area contributed by atoms with E-state index in [4.69, 9.17) is 0 Å². The Morgan fingerprint density at radius 1 is 1.12 bits per heavy atom. The zero-order chi connectivity index (χ0) is 18.5. The Bertz CT molecular complexity index is 639. The predicted octanol–water partition coefficient (Wildman–Crippen LogP) is 2.90. The molecule has 0 fully saturated rings. The standard InChI is InChI=1S/C18H30N2O3S/c1-7-14(4)15-8-10-16(11-9-15)18(13(2)3)19-17(21)12-20(5)24(6,22)23/h8-11,13-14,18H,7,12H2,1-6H3,(H,19,21). The van der Waals surface area contributed by atoms with Gasteiger partial charge in [-0.3, -0.25) is 4.79 Å². The molecule has 0 aromatic heterocycles. The number of nitrogens with one attached hydrogen (secondary N) is 1. The van der Waals surface area contributed by atoms with Crippen molar-refractivity contribution in [2.24, 2.45) is 5.92 Å². The summed E-state index contributed by atoms with van der Waals surface area (Å²) in [6.45, 7) is 8.25. The molecular weight excluding hydrogens is 324 g/mol. The fourth-order valence-electron chi connectivity index (χ4n) is 2.44. The van der Waals surface area contributed by atoms with Gasteiger partial charge >= 0.3 is 0 Å². The van der Waals surface area contributed by atoms with Crippen molar-refractivity contribution >= 4 is 15.9 Å². The fourth-order valence-corrected chi connectivity index (χ4v) is 2.79. The van der Waals surface area contributed by atoms with Gasteiger partial charge in [0.25, 0.3) is 0 Å². The highest BCUT2D eigenvalue weighted by Gasteiger charge is 2.21. The van der Waals surface area contributed by atoms with Gasteiger partial charge in [-0.15, -0.1) is 0 Å². The Morgan fingerprint density at radius 3 is 2.04 bits per heavy atom. The highest BCUT2D eigenvalue weighted by molar-refractivity contribution is 7.88. The first kappa shape index (κ1) is 20.6. The van der Waals surface area contributed by atoms with Crippen LogP contribution in [-0.4, -0.2) is 38.5 Å². The first-order chi connectivity index (χ1) is 11.1. The van der Waals surface area contributed by atoms with Gasteiger partial charge in [0.05, 0.1) is 18.8 Å². The molecule has 0 saturated carbocycles. The van der Waals surface area contributed by atoms with Crippen molar-refractivity contribution in [1.29, 1.82) is 0 Å². The summed E-state index contributed by atoms with van der Waals surface area (Å²) >= 11 is 0. The molecule has 1 rings (SSSR count). The average Bonchev–Trinajstić information content (AvgIpc) is 2.50. The number of likely N-dealkylation sites (N-methyl/N-ethyl adjacent to an activating group) is 1. The number of rotatable bonds is 8. The van der Waals surface area contributed by atoms with Crippen LogP contribution in [0.5, 0.6) is 0 Å². The molecule has 0 aliphatic rings. The maximum Gasteiger partial charge on any atom is 0.235 e. The molecule has 1 N–H and O–H groups in total. The van der Waals surface area contributed by atoms with Gasteiger partial charge < -0.3 is 5.32 Å². The average molecular weight is 355 g/mol. The van der Waals surface area contributed by atoms with E-state index in [9.17, 15) is 13.2 Å². The Morgan fingerprint density at radius 2 is 1.62 bits per heavy atom. The van der Waals surface area contributed by atoms with Gasteiger partial charge in [-0.05, 0) is 29.4 Å². The van der Waals surface area contributed by atoms with E-state index in [2.05, 4.69) is 31.3 Å². The van der Waals surface area contributed by atoms with Crippen LogP contribution in [0.4, 0.5) is 0 Å². The number of carbonyl (C=O) groups excluding carboxylic acids is 1. The number of sulfonamides is 1. The largest absolute Gasteiger partial charge is 0.348 e. The summed E-state index contributed by atoms with van der Waals surface area (Å²) in [5.74, 6) is 0.411. The highest BCUT2D eigenvalue weighted by atomic mass is 32.2. The van der Waals surface area contributed by atoms with Crippen molar-refractivity contribution in [2.45, 2.75) is 46.1 Å². The zero-order valence-electron chi connectivity index (χ0n) is 15.5. The van der Waals surface area contributed by atoms with Crippen LogP contribution in [0.2, 0.25) is 0 Å². The summed E-state index contributed by atoms with van der Waals surface area (Å²) in [6.07, 6.45) is 2.18. The molecule has 0 radical (unpaired) electrons. The van der Waals surface area contributed by atoms with Gasteiger partial charge in [-0.25, -0.2) is 8.42 Å². The molecule has 0 saturated heterocycles. The number of hydrogen-bond donors (Lipinski definition) is 1. The third-order valence-electron chi connectivity index (χ3n) is 4.39. The van der Waals surface area contributed by atoms with Crippen molar-refractivity contribution < 1.29 is 13.2 Å². The minimum absolute atomic E-state index is 0.142. The number of benzene rings is 1. The first-order valence-corrected chi connectivity index (χ1v) is 10.2. The van der Waals surface area contributed by atoms with Crippen molar-refractivity contribution in [3.8, 4) is 0 Å². The smallest absolute Gasteiger partial charge is 0.235 e. The summed E-state index contributed by atoms with van der Waals surface area (Å²) in [4.78, 5) is 12.2. The van der Waals surface area contributed by atoms with Gasteiger partial charge in [0.2, 0.25) is 15.9 Å². The van der Waals surface area contributed by atoms with Crippen LogP contribution >= 0.6 is 0 Å². The Balaban J connectivity index is 2.86. The van der Waals surface area contributed by atoms with Crippen LogP contribution in [0, 0.1) is 5.92 Å². The van der Waals surface area contributed by atoms with Crippen LogP contribution < -0.4 is 5.32 Å². The molecule has 24 heavy (non-hydrogen) atoms. The molecule has 1 aromatic carbocycles. The Hall–Kier alpha value is -1.40. The quantitative estimate of drug-likeness (QED) is 0.780. The minimum atomic E-state index is -3.36. The lowest BCUT2D eigenvalue weighted by molar-refractivity contribution is -0.122. The molecule has 6 heteroatoms. The lowest BCUT2D eigenvalue weighted by Gasteiger charge is -2.24. The van der Waals surface area contributed by atoms with E-state index in [0.29, 0.717) is 5.92 Å². The van der Waals surface area contributed by atoms with Gasteiger partial charge in [-0.2, -0.15) is 4.31 Å². The SMILES string of the molecule is CCC(C)c1ccc(C(NC(=O)CN(C)S(C)(=O)=O)C(C)C)cc1. The van der Waals surface area contributed by atoms with E-state index >= 15 is 0 Å². The van der Waals surface area contributed by atoms with Gasteiger partial charge in [0, 0.05) is 7.05 Å². The lowest BCUT2D eigenvalue weighted by atomic mass is 9.92. The number of hydrogen-bond acceptors (Lipinski definition) is 3. The third kappa shape index (κ3) is 5.91. The van der Waals surface area contributed by atoms with E-state index < -0.39 is 10.0 Å². The van der Waals surface area contributed by atoms with Crippen molar-refractivity contribution in [2.75, 3.05) is 19.8 Å². The van der Waals surface area contributed by atoms with E-state index in [1.54, 1.807) is 0 Å². The topological polar surface area (TPSA) is 66.5 Å². The molecule has 2 atom stereocenters. The molecule has 0 heterocycles. The number of amides is 1. The summed E-state index contributed by atoms with van der Waals surface area (Å²) in [6, 6.07) is 8.16. The first-order valence-electron chi connectivity index (χ1n) is 8.36. The zero-order valence-corrected chi connectivity index (χ0v) is 16.4. The summed E-state index contributed by atoms with van der Waals surface area (Å²) in [5.41, 5.74) is 2.32. The van der Waals surface area contributed by atoms with Gasteiger partial charge in [-0.1, -0.05) is 52.0 Å². The van der Waals surface area contributed by atoms with Crippen molar-refractivity contribution in [3.05, 3.63) is 35.4 Å². The molecule has 0 aliphatic heterocycles. The molecule has 136 valence electrons. The van der Waals surface area contributed by atoms with Crippen LogP contribution in [0.15, 0.2) is 24.3 Å². The van der Waals surface area contributed by atoms with Crippen molar-refractivity contribution in [1.82, 2.24) is 9.62 Å². The molecule has 1 aromatic rings. The second-order valence-electron chi connectivity index (χ2n) is 6.78.